The molecule has 126 valence electrons. The van der Waals surface area contributed by atoms with E-state index in [1.807, 2.05) is 44.2 Å². The van der Waals surface area contributed by atoms with E-state index >= 15 is 0 Å². The Morgan fingerprint density at radius 1 is 0.875 bits per heavy atom. The lowest BCUT2D eigenvalue weighted by Gasteiger charge is -2.10. The molecule has 0 radical (unpaired) electrons. The van der Waals surface area contributed by atoms with Gasteiger partial charge in [0.05, 0.1) is 0 Å². The second kappa shape index (κ2) is 8.72. The Kier molecular flexibility index (Phi) is 6.37. The van der Waals surface area contributed by atoms with Crippen LogP contribution in [0.2, 0.25) is 0 Å². The van der Waals surface area contributed by atoms with Gasteiger partial charge in [-0.1, -0.05) is 44.2 Å². The molecule has 0 aliphatic carbocycles. The molecule has 5 nitrogen and oxygen atoms in total. The van der Waals surface area contributed by atoms with Crippen LogP contribution in [-0.4, -0.2) is 18.5 Å². The highest BCUT2D eigenvalue weighted by Gasteiger charge is 2.07. The maximum Gasteiger partial charge on any atom is 0.319 e. The second-order valence-electron chi connectivity index (χ2n) is 5.84. The van der Waals surface area contributed by atoms with Crippen molar-refractivity contribution in [1.82, 2.24) is 5.32 Å². The maximum absolute atomic E-state index is 11.9. The summed E-state index contributed by atoms with van der Waals surface area (Å²) in [5.41, 5.74) is 2.57. The lowest BCUT2D eigenvalue weighted by atomic mass is 10.1. The Morgan fingerprint density at radius 2 is 1.46 bits per heavy atom. The minimum Gasteiger partial charge on any atom is -0.338 e. The Morgan fingerprint density at radius 3 is 2.04 bits per heavy atom. The van der Waals surface area contributed by atoms with Gasteiger partial charge in [0.1, 0.15) is 0 Å². The summed E-state index contributed by atoms with van der Waals surface area (Å²) in [6.45, 7) is 4.24. The number of hydrogen-bond donors (Lipinski definition) is 3. The first-order chi connectivity index (χ1) is 11.5. The van der Waals surface area contributed by atoms with E-state index in [1.54, 1.807) is 24.3 Å². The molecular formula is C19H23N3O2. The number of hydrogen-bond acceptors (Lipinski definition) is 2. The Balaban J connectivity index is 1.76. The molecule has 0 saturated heterocycles. The predicted octanol–water partition coefficient (Wildman–Crippen LogP) is 3.65. The van der Waals surface area contributed by atoms with Gasteiger partial charge in [-0.3, -0.25) is 4.79 Å². The van der Waals surface area contributed by atoms with Crippen LogP contribution >= 0.6 is 0 Å². The molecule has 0 spiro atoms. The fourth-order valence-corrected chi connectivity index (χ4v) is 2.06. The van der Waals surface area contributed by atoms with E-state index in [0.29, 0.717) is 17.9 Å². The summed E-state index contributed by atoms with van der Waals surface area (Å²) in [4.78, 5) is 23.5. The maximum atomic E-state index is 11.9. The normalized spacial score (nSPS) is 10.3. The van der Waals surface area contributed by atoms with Crippen molar-refractivity contribution < 1.29 is 9.59 Å². The summed E-state index contributed by atoms with van der Waals surface area (Å²) in [5.74, 6) is -0.104. The van der Waals surface area contributed by atoms with E-state index in [1.165, 1.54) is 5.56 Å². The average Bonchev–Trinajstić information content (AvgIpc) is 2.57. The number of carbonyl (C=O) groups excluding carboxylic acids is 2. The smallest absolute Gasteiger partial charge is 0.319 e. The first kappa shape index (κ1) is 17.5. The molecule has 0 aliphatic heterocycles. The predicted molar refractivity (Wildman–Crippen MR) is 97.1 cm³/mol. The second-order valence-corrected chi connectivity index (χ2v) is 5.84. The SMILES string of the molecule is CC(C)C(=O)Nc1ccc(NC(=O)NCCc2ccccc2)cc1. The Labute approximate surface area is 142 Å². The van der Waals surface area contributed by atoms with Crippen molar-refractivity contribution >= 4 is 23.3 Å². The Bertz CT molecular complexity index is 667. The van der Waals surface area contributed by atoms with Gasteiger partial charge in [0.2, 0.25) is 5.91 Å². The molecular weight excluding hydrogens is 302 g/mol. The van der Waals surface area contributed by atoms with E-state index in [0.717, 1.165) is 6.42 Å². The van der Waals surface area contributed by atoms with Crippen LogP contribution in [0, 0.1) is 5.92 Å². The summed E-state index contributed by atoms with van der Waals surface area (Å²) in [6.07, 6.45) is 0.786. The van der Waals surface area contributed by atoms with Crippen molar-refractivity contribution in [1.29, 1.82) is 0 Å². The lowest BCUT2D eigenvalue weighted by Crippen LogP contribution is -2.30. The van der Waals surface area contributed by atoms with E-state index in [-0.39, 0.29) is 17.9 Å². The number of nitrogens with one attached hydrogen (secondary N) is 3. The van der Waals surface area contributed by atoms with Crippen molar-refractivity contribution in [2.45, 2.75) is 20.3 Å². The number of amides is 3. The minimum absolute atomic E-state index is 0.0330. The molecule has 2 aromatic carbocycles. The summed E-state index contributed by atoms with van der Waals surface area (Å²) in [5, 5.41) is 8.40. The molecule has 2 rings (SSSR count). The molecule has 2 aromatic rings. The van der Waals surface area contributed by atoms with Crippen LogP contribution in [0.4, 0.5) is 16.2 Å². The summed E-state index contributed by atoms with van der Waals surface area (Å²) in [7, 11) is 0. The first-order valence-electron chi connectivity index (χ1n) is 8.04. The molecule has 0 aromatic heterocycles. The zero-order valence-corrected chi connectivity index (χ0v) is 14.0. The third kappa shape index (κ3) is 5.76. The summed E-state index contributed by atoms with van der Waals surface area (Å²) >= 11 is 0. The molecule has 5 heteroatoms. The standard InChI is InChI=1S/C19H23N3O2/c1-14(2)18(23)21-16-8-10-17(11-9-16)22-19(24)20-13-12-15-6-4-3-5-7-15/h3-11,14H,12-13H2,1-2H3,(H,21,23)(H2,20,22,24). The zero-order chi connectivity index (χ0) is 17.4. The first-order valence-corrected chi connectivity index (χ1v) is 8.04. The van der Waals surface area contributed by atoms with Crippen molar-refractivity contribution in [3.05, 3.63) is 60.2 Å². The number of benzene rings is 2. The quantitative estimate of drug-likeness (QED) is 0.759. The highest BCUT2D eigenvalue weighted by Crippen LogP contribution is 2.14. The third-order valence-corrected chi connectivity index (χ3v) is 3.48. The van der Waals surface area contributed by atoms with Crippen LogP contribution in [0.5, 0.6) is 0 Å². The van der Waals surface area contributed by atoms with Gasteiger partial charge in [0, 0.05) is 23.8 Å². The molecule has 3 N–H and O–H groups in total. The fraction of sp³-hybridized carbons (Fsp3) is 0.263. The summed E-state index contributed by atoms with van der Waals surface area (Å²) in [6, 6.07) is 16.8. The molecule has 0 fully saturated rings. The molecule has 3 amide bonds. The zero-order valence-electron chi connectivity index (χ0n) is 14.0. The van der Waals surface area contributed by atoms with Crippen LogP contribution in [0.1, 0.15) is 19.4 Å². The van der Waals surface area contributed by atoms with Crippen LogP contribution in [0.15, 0.2) is 54.6 Å². The van der Waals surface area contributed by atoms with Crippen LogP contribution in [-0.2, 0) is 11.2 Å². The monoisotopic (exact) mass is 325 g/mol. The van der Waals surface area contributed by atoms with E-state index in [4.69, 9.17) is 0 Å². The van der Waals surface area contributed by atoms with E-state index in [2.05, 4.69) is 16.0 Å². The van der Waals surface area contributed by atoms with Gasteiger partial charge in [-0.2, -0.15) is 0 Å². The van der Waals surface area contributed by atoms with Crippen LogP contribution in [0.25, 0.3) is 0 Å². The van der Waals surface area contributed by atoms with E-state index < -0.39 is 0 Å². The van der Waals surface area contributed by atoms with Crippen molar-refractivity contribution in [2.75, 3.05) is 17.2 Å². The topological polar surface area (TPSA) is 70.2 Å². The summed E-state index contributed by atoms with van der Waals surface area (Å²) < 4.78 is 0. The van der Waals surface area contributed by atoms with Crippen LogP contribution < -0.4 is 16.0 Å². The van der Waals surface area contributed by atoms with Gasteiger partial charge in [-0.15, -0.1) is 0 Å². The lowest BCUT2D eigenvalue weighted by molar-refractivity contribution is -0.118. The van der Waals surface area contributed by atoms with Gasteiger partial charge in [0.25, 0.3) is 0 Å². The van der Waals surface area contributed by atoms with Crippen molar-refractivity contribution in [3.8, 4) is 0 Å². The molecule has 0 aliphatic rings. The molecule has 0 atom stereocenters. The molecule has 0 bridgehead atoms. The molecule has 24 heavy (non-hydrogen) atoms. The van der Waals surface area contributed by atoms with Crippen LogP contribution in [0.3, 0.4) is 0 Å². The number of anilines is 2. The van der Waals surface area contributed by atoms with E-state index in [9.17, 15) is 9.59 Å². The highest BCUT2D eigenvalue weighted by atomic mass is 16.2. The fourth-order valence-electron chi connectivity index (χ4n) is 2.06. The Hall–Kier alpha value is -2.82. The van der Waals surface area contributed by atoms with Gasteiger partial charge in [-0.25, -0.2) is 4.79 Å². The average molecular weight is 325 g/mol. The van der Waals surface area contributed by atoms with Gasteiger partial charge >= 0.3 is 6.03 Å². The number of urea groups is 1. The van der Waals surface area contributed by atoms with Gasteiger partial charge in [-0.05, 0) is 36.2 Å². The molecule has 0 saturated carbocycles. The number of rotatable bonds is 6. The van der Waals surface area contributed by atoms with Crippen molar-refractivity contribution in [2.24, 2.45) is 5.92 Å². The number of carbonyl (C=O) groups is 2. The molecule has 0 unspecified atom stereocenters. The third-order valence-electron chi connectivity index (χ3n) is 3.48. The highest BCUT2D eigenvalue weighted by molar-refractivity contribution is 5.93. The molecule has 0 heterocycles. The van der Waals surface area contributed by atoms with Gasteiger partial charge < -0.3 is 16.0 Å². The van der Waals surface area contributed by atoms with Crippen molar-refractivity contribution in [3.63, 3.8) is 0 Å². The largest absolute Gasteiger partial charge is 0.338 e. The minimum atomic E-state index is -0.245. The van der Waals surface area contributed by atoms with Gasteiger partial charge in [0.15, 0.2) is 0 Å².